The quantitative estimate of drug-likeness (QED) is 0.886. The van der Waals surface area contributed by atoms with Crippen molar-refractivity contribution in [2.75, 3.05) is 13.7 Å². The highest BCUT2D eigenvalue weighted by molar-refractivity contribution is 5.78. The molecule has 3 rings (SSSR count). The molecule has 1 aliphatic heterocycles. The zero-order valence-corrected chi connectivity index (χ0v) is 15.0. The number of nitrogens with one attached hydrogen (secondary N) is 1. The van der Waals surface area contributed by atoms with Gasteiger partial charge in [-0.3, -0.25) is 4.79 Å². The Kier molecular flexibility index (Phi) is 5.02. The number of fused-ring (bicyclic) bond motifs is 1. The first kappa shape index (κ1) is 18.0. The smallest absolute Gasteiger partial charge is 0.258 e. The van der Waals surface area contributed by atoms with Crippen molar-refractivity contribution in [2.24, 2.45) is 0 Å². The average Bonchev–Trinajstić information content (AvgIpc) is 2.59. The molecule has 0 aromatic heterocycles. The number of carbonyl (C=O) groups is 1. The molecule has 1 heterocycles. The van der Waals surface area contributed by atoms with Gasteiger partial charge in [0, 0.05) is 18.1 Å². The molecule has 1 N–H and O–H groups in total. The number of hydrogen-bond acceptors (Lipinski definition) is 4. The summed E-state index contributed by atoms with van der Waals surface area (Å²) >= 11 is 0. The Morgan fingerprint density at radius 1 is 1.31 bits per heavy atom. The standard InChI is InChI=1S/C20H22FNO4/c1-20(2)11-16(14-9-8-13(24-3)10-18(14)26-20)22-19(23)12-25-17-7-5-4-6-15(17)21/h4-10,16H,11-12H2,1-3H3,(H,22,23)/t16-/m0/s1. The van der Waals surface area contributed by atoms with Crippen LogP contribution in [0.25, 0.3) is 0 Å². The fourth-order valence-electron chi connectivity index (χ4n) is 3.03. The lowest BCUT2D eigenvalue weighted by molar-refractivity contribution is -0.124. The fraction of sp³-hybridized carbons (Fsp3) is 0.350. The molecule has 138 valence electrons. The molecule has 0 aliphatic carbocycles. The highest BCUT2D eigenvalue weighted by atomic mass is 19.1. The summed E-state index contributed by atoms with van der Waals surface area (Å²) < 4.78 is 30.1. The molecule has 1 atom stereocenters. The molecule has 2 aromatic rings. The van der Waals surface area contributed by atoms with Crippen LogP contribution in [0, 0.1) is 5.82 Å². The molecule has 0 spiro atoms. The highest BCUT2D eigenvalue weighted by Crippen LogP contribution is 2.41. The van der Waals surface area contributed by atoms with E-state index in [2.05, 4.69) is 5.32 Å². The monoisotopic (exact) mass is 359 g/mol. The summed E-state index contributed by atoms with van der Waals surface area (Å²) in [6.45, 7) is 3.67. The SMILES string of the molecule is COc1ccc2c(c1)OC(C)(C)C[C@@H]2NC(=O)COc1ccccc1F. The van der Waals surface area contributed by atoms with Gasteiger partial charge in [-0.2, -0.15) is 0 Å². The largest absolute Gasteiger partial charge is 0.497 e. The second-order valence-corrected chi connectivity index (χ2v) is 6.81. The number of para-hydroxylation sites is 1. The van der Waals surface area contributed by atoms with Gasteiger partial charge in [-0.1, -0.05) is 12.1 Å². The van der Waals surface area contributed by atoms with Gasteiger partial charge in [0.25, 0.3) is 5.91 Å². The summed E-state index contributed by atoms with van der Waals surface area (Å²) in [7, 11) is 1.59. The Bertz CT molecular complexity index is 806. The molecular formula is C20H22FNO4. The minimum Gasteiger partial charge on any atom is -0.497 e. The number of hydrogen-bond donors (Lipinski definition) is 1. The van der Waals surface area contributed by atoms with E-state index in [1.165, 1.54) is 12.1 Å². The summed E-state index contributed by atoms with van der Waals surface area (Å²) in [5.74, 6) is 0.609. The van der Waals surface area contributed by atoms with Crippen LogP contribution in [0.5, 0.6) is 17.2 Å². The summed E-state index contributed by atoms with van der Waals surface area (Å²) in [6.07, 6.45) is 0.609. The second kappa shape index (κ2) is 7.23. The van der Waals surface area contributed by atoms with Crippen LogP contribution in [0.2, 0.25) is 0 Å². The molecule has 1 aliphatic rings. The molecule has 0 bridgehead atoms. The van der Waals surface area contributed by atoms with Crippen LogP contribution in [-0.4, -0.2) is 25.2 Å². The third kappa shape index (κ3) is 4.07. The summed E-state index contributed by atoms with van der Waals surface area (Å²) in [6, 6.07) is 11.3. The van der Waals surface area contributed by atoms with Gasteiger partial charge in [-0.15, -0.1) is 0 Å². The maximum absolute atomic E-state index is 13.6. The number of ether oxygens (including phenoxy) is 3. The van der Waals surface area contributed by atoms with Gasteiger partial charge in [-0.25, -0.2) is 4.39 Å². The molecule has 26 heavy (non-hydrogen) atoms. The van der Waals surface area contributed by atoms with Crippen LogP contribution in [0.1, 0.15) is 31.9 Å². The molecule has 6 heteroatoms. The van der Waals surface area contributed by atoms with Crippen LogP contribution >= 0.6 is 0 Å². The zero-order valence-electron chi connectivity index (χ0n) is 15.0. The van der Waals surface area contributed by atoms with Gasteiger partial charge >= 0.3 is 0 Å². The molecule has 5 nitrogen and oxygen atoms in total. The van der Waals surface area contributed by atoms with Crippen LogP contribution in [0.15, 0.2) is 42.5 Å². The number of halogens is 1. The van der Waals surface area contributed by atoms with Crippen molar-refractivity contribution in [3.8, 4) is 17.2 Å². The van der Waals surface area contributed by atoms with Gasteiger partial charge < -0.3 is 19.5 Å². The average molecular weight is 359 g/mol. The van der Waals surface area contributed by atoms with Crippen LogP contribution in [-0.2, 0) is 4.79 Å². The summed E-state index contributed by atoms with van der Waals surface area (Å²) in [5, 5.41) is 2.95. The minimum atomic E-state index is -0.495. The molecule has 0 saturated heterocycles. The van der Waals surface area contributed by atoms with E-state index in [0.29, 0.717) is 17.9 Å². The van der Waals surface area contributed by atoms with E-state index in [1.807, 2.05) is 32.0 Å². The molecule has 0 radical (unpaired) electrons. The van der Waals surface area contributed by atoms with E-state index in [1.54, 1.807) is 19.2 Å². The van der Waals surface area contributed by atoms with Crippen molar-refractivity contribution in [1.29, 1.82) is 0 Å². The molecule has 1 amide bonds. The van der Waals surface area contributed by atoms with E-state index in [4.69, 9.17) is 14.2 Å². The lowest BCUT2D eigenvalue weighted by Crippen LogP contribution is -2.42. The van der Waals surface area contributed by atoms with Crippen molar-refractivity contribution >= 4 is 5.91 Å². The highest BCUT2D eigenvalue weighted by Gasteiger charge is 2.34. The number of benzene rings is 2. The number of rotatable bonds is 5. The van der Waals surface area contributed by atoms with Crippen LogP contribution in [0.4, 0.5) is 4.39 Å². The Morgan fingerprint density at radius 2 is 2.08 bits per heavy atom. The third-order valence-electron chi connectivity index (χ3n) is 4.21. The Hall–Kier alpha value is -2.76. The molecule has 0 unspecified atom stereocenters. The molecular weight excluding hydrogens is 337 g/mol. The lowest BCUT2D eigenvalue weighted by Gasteiger charge is -2.38. The molecule has 0 fully saturated rings. The first-order chi connectivity index (χ1) is 12.4. The Morgan fingerprint density at radius 3 is 2.81 bits per heavy atom. The first-order valence-corrected chi connectivity index (χ1v) is 8.41. The minimum absolute atomic E-state index is 0.0556. The number of amides is 1. The maximum atomic E-state index is 13.6. The van der Waals surface area contributed by atoms with Gasteiger partial charge in [0.15, 0.2) is 18.2 Å². The number of methoxy groups -OCH3 is 1. The Labute approximate surface area is 152 Å². The zero-order chi connectivity index (χ0) is 18.7. The lowest BCUT2D eigenvalue weighted by atomic mass is 9.89. The predicted molar refractivity (Wildman–Crippen MR) is 95.1 cm³/mol. The number of carbonyl (C=O) groups excluding carboxylic acids is 1. The third-order valence-corrected chi connectivity index (χ3v) is 4.21. The van der Waals surface area contributed by atoms with Gasteiger partial charge in [-0.05, 0) is 38.1 Å². The van der Waals surface area contributed by atoms with E-state index in [-0.39, 0.29) is 24.3 Å². The first-order valence-electron chi connectivity index (χ1n) is 8.41. The normalized spacial score (nSPS) is 17.6. The van der Waals surface area contributed by atoms with Gasteiger partial charge in [0.05, 0.1) is 13.2 Å². The van der Waals surface area contributed by atoms with Crippen molar-refractivity contribution in [3.05, 3.63) is 53.8 Å². The van der Waals surface area contributed by atoms with Crippen LogP contribution in [0.3, 0.4) is 0 Å². The van der Waals surface area contributed by atoms with E-state index in [9.17, 15) is 9.18 Å². The van der Waals surface area contributed by atoms with Crippen LogP contribution < -0.4 is 19.5 Å². The Balaban J connectivity index is 1.71. The van der Waals surface area contributed by atoms with E-state index < -0.39 is 11.4 Å². The topological polar surface area (TPSA) is 56.8 Å². The van der Waals surface area contributed by atoms with E-state index in [0.717, 1.165) is 5.56 Å². The van der Waals surface area contributed by atoms with Crippen molar-refractivity contribution in [3.63, 3.8) is 0 Å². The second-order valence-electron chi connectivity index (χ2n) is 6.81. The molecule has 0 saturated carbocycles. The van der Waals surface area contributed by atoms with Crippen molar-refractivity contribution in [2.45, 2.75) is 31.9 Å². The molecule has 2 aromatic carbocycles. The predicted octanol–water partition coefficient (Wildman–Crippen LogP) is 3.63. The van der Waals surface area contributed by atoms with E-state index >= 15 is 0 Å². The van der Waals surface area contributed by atoms with Crippen molar-refractivity contribution < 1.29 is 23.4 Å². The van der Waals surface area contributed by atoms with Gasteiger partial charge in [0.1, 0.15) is 17.1 Å². The van der Waals surface area contributed by atoms with Gasteiger partial charge in [0.2, 0.25) is 0 Å². The fourth-order valence-corrected chi connectivity index (χ4v) is 3.03. The summed E-state index contributed by atoms with van der Waals surface area (Å²) in [5.41, 5.74) is 0.438. The summed E-state index contributed by atoms with van der Waals surface area (Å²) in [4.78, 5) is 12.3. The maximum Gasteiger partial charge on any atom is 0.258 e. The van der Waals surface area contributed by atoms with Crippen molar-refractivity contribution in [1.82, 2.24) is 5.32 Å².